The highest BCUT2D eigenvalue weighted by Crippen LogP contribution is 2.27. The molecule has 0 bridgehead atoms. The zero-order valence-electron chi connectivity index (χ0n) is 17.4. The van der Waals surface area contributed by atoms with E-state index in [-0.39, 0.29) is 5.57 Å². The van der Waals surface area contributed by atoms with Crippen molar-refractivity contribution in [3.05, 3.63) is 98.2 Å². The molecule has 0 aliphatic heterocycles. The summed E-state index contributed by atoms with van der Waals surface area (Å²) in [5.74, 6) is 0.410. The van der Waals surface area contributed by atoms with E-state index in [2.05, 4.69) is 10.3 Å². The number of nitrogens with zero attached hydrogens (tertiary/aromatic N) is 2. The van der Waals surface area contributed by atoms with E-state index < -0.39 is 5.91 Å². The monoisotopic (exact) mass is 493 g/mol. The molecule has 2 aromatic carbocycles. The van der Waals surface area contributed by atoms with Crippen molar-refractivity contribution in [1.82, 2.24) is 4.98 Å². The molecule has 2 aromatic heterocycles. The lowest BCUT2D eigenvalue weighted by molar-refractivity contribution is -0.112. The fourth-order valence-corrected chi connectivity index (χ4v) is 4.31. The Bertz CT molecular complexity index is 1400. The van der Waals surface area contributed by atoms with Crippen molar-refractivity contribution in [2.75, 3.05) is 5.32 Å². The summed E-state index contributed by atoms with van der Waals surface area (Å²) in [5, 5.41) is 13.9. The topological polar surface area (TPSA) is 78.9 Å². The first-order chi connectivity index (χ1) is 15.9. The third-order valence-electron chi connectivity index (χ3n) is 4.78. The number of rotatable bonds is 6. The summed E-state index contributed by atoms with van der Waals surface area (Å²) >= 11 is 13.6. The quantitative estimate of drug-likeness (QED) is 0.228. The minimum Gasteiger partial charge on any atom is -0.457 e. The van der Waals surface area contributed by atoms with Crippen LogP contribution in [0.15, 0.2) is 70.8 Å². The summed E-state index contributed by atoms with van der Waals surface area (Å²) in [6, 6.07) is 18.5. The first kappa shape index (κ1) is 22.8. The van der Waals surface area contributed by atoms with Crippen molar-refractivity contribution in [2.45, 2.75) is 13.3 Å². The van der Waals surface area contributed by atoms with Crippen LogP contribution in [0.1, 0.15) is 21.8 Å². The van der Waals surface area contributed by atoms with Crippen LogP contribution in [0.4, 0.5) is 5.13 Å². The van der Waals surface area contributed by atoms with Crippen molar-refractivity contribution < 1.29 is 9.21 Å². The Labute approximate surface area is 204 Å². The molecular formula is C25H17Cl2N3O2S. The molecule has 1 amide bonds. The van der Waals surface area contributed by atoms with Gasteiger partial charge in [-0.2, -0.15) is 5.26 Å². The lowest BCUT2D eigenvalue weighted by Gasteiger charge is -2.02. The lowest BCUT2D eigenvalue weighted by Crippen LogP contribution is -2.13. The van der Waals surface area contributed by atoms with E-state index in [1.54, 1.807) is 30.5 Å². The molecule has 1 N–H and O–H groups in total. The Hall–Kier alpha value is -3.37. The highest BCUT2D eigenvalue weighted by atomic mass is 35.5. The molecule has 0 aliphatic carbocycles. The number of hydrogen-bond donors (Lipinski definition) is 1. The Morgan fingerprint density at radius 3 is 2.82 bits per heavy atom. The van der Waals surface area contributed by atoms with Crippen LogP contribution in [0.5, 0.6) is 0 Å². The summed E-state index contributed by atoms with van der Waals surface area (Å²) in [5.41, 5.74) is 2.78. The molecule has 0 spiro atoms. The molecule has 0 saturated heterocycles. The van der Waals surface area contributed by atoms with Crippen LogP contribution in [0, 0.1) is 18.3 Å². The summed E-state index contributed by atoms with van der Waals surface area (Å²) in [7, 11) is 0. The summed E-state index contributed by atoms with van der Waals surface area (Å²) in [6.07, 6.45) is 3.74. The average molecular weight is 494 g/mol. The van der Waals surface area contributed by atoms with E-state index in [1.807, 2.05) is 43.3 Å². The van der Waals surface area contributed by atoms with Gasteiger partial charge >= 0.3 is 0 Å². The van der Waals surface area contributed by atoms with Crippen LogP contribution in [0.2, 0.25) is 10.0 Å². The van der Waals surface area contributed by atoms with Gasteiger partial charge in [-0.3, -0.25) is 10.1 Å². The molecule has 164 valence electrons. The van der Waals surface area contributed by atoms with Crippen LogP contribution in [0.25, 0.3) is 17.4 Å². The van der Waals surface area contributed by atoms with Gasteiger partial charge < -0.3 is 4.42 Å². The molecule has 4 aromatic rings. The van der Waals surface area contributed by atoms with Crippen LogP contribution in [-0.4, -0.2) is 10.9 Å². The maximum absolute atomic E-state index is 12.6. The molecule has 0 atom stereocenters. The third kappa shape index (κ3) is 5.71. The minimum atomic E-state index is -0.558. The first-order valence-corrected chi connectivity index (χ1v) is 11.5. The van der Waals surface area contributed by atoms with E-state index >= 15 is 0 Å². The SMILES string of the molecule is Cc1ccc(Cc2cnc(NC(=O)C(C#N)=Cc3ccc(-c4cccc(Cl)c4)o3)s2)cc1Cl. The maximum Gasteiger partial charge on any atom is 0.268 e. The second kappa shape index (κ2) is 10.1. The Kier molecular flexibility index (Phi) is 6.95. The second-order valence-corrected chi connectivity index (χ2v) is 9.19. The van der Waals surface area contributed by atoms with Crippen molar-refractivity contribution >= 4 is 51.7 Å². The number of thiazole rings is 1. The molecule has 0 fully saturated rings. The number of aromatic nitrogens is 1. The number of carbonyl (C=O) groups excluding carboxylic acids is 1. The van der Waals surface area contributed by atoms with Gasteiger partial charge in [0, 0.05) is 39.2 Å². The first-order valence-electron chi connectivity index (χ1n) is 9.90. The van der Waals surface area contributed by atoms with Crippen LogP contribution in [-0.2, 0) is 11.2 Å². The Balaban J connectivity index is 1.45. The smallest absolute Gasteiger partial charge is 0.268 e. The lowest BCUT2D eigenvalue weighted by atomic mass is 10.1. The van der Waals surface area contributed by atoms with Gasteiger partial charge in [-0.25, -0.2) is 4.98 Å². The number of aryl methyl sites for hydroxylation is 1. The molecule has 0 saturated carbocycles. The molecule has 5 nitrogen and oxygen atoms in total. The molecule has 8 heteroatoms. The summed E-state index contributed by atoms with van der Waals surface area (Å²) in [4.78, 5) is 17.8. The van der Waals surface area contributed by atoms with Crippen molar-refractivity contribution in [1.29, 1.82) is 5.26 Å². The van der Waals surface area contributed by atoms with Gasteiger partial charge in [-0.05, 0) is 48.4 Å². The molecule has 33 heavy (non-hydrogen) atoms. The number of hydrogen-bond acceptors (Lipinski definition) is 5. The number of nitrogens with one attached hydrogen (secondary N) is 1. The number of amides is 1. The van der Waals surface area contributed by atoms with Gasteiger partial charge in [0.2, 0.25) is 0 Å². The zero-order valence-corrected chi connectivity index (χ0v) is 19.8. The van der Waals surface area contributed by atoms with Crippen molar-refractivity contribution in [3.8, 4) is 17.4 Å². The number of halogens is 2. The highest BCUT2D eigenvalue weighted by Gasteiger charge is 2.14. The zero-order chi connectivity index (χ0) is 23.4. The summed E-state index contributed by atoms with van der Waals surface area (Å²) < 4.78 is 5.76. The Morgan fingerprint density at radius 2 is 2.06 bits per heavy atom. The predicted octanol–water partition coefficient (Wildman–Crippen LogP) is 7.15. The fraction of sp³-hybridized carbons (Fsp3) is 0.0800. The normalized spacial score (nSPS) is 11.3. The van der Waals surface area contributed by atoms with Crippen LogP contribution >= 0.6 is 34.5 Å². The van der Waals surface area contributed by atoms with Gasteiger partial charge in [0.1, 0.15) is 23.2 Å². The number of nitriles is 1. The molecular weight excluding hydrogens is 477 g/mol. The standard InChI is InChI=1S/C25H17Cl2N3O2S/c1-15-5-6-16(10-22(15)27)9-21-14-29-25(33-21)30-24(31)18(13-28)12-20-7-8-23(32-20)17-3-2-4-19(26)11-17/h2-8,10-12,14H,9H2,1H3,(H,29,30,31). The largest absolute Gasteiger partial charge is 0.457 e. The predicted molar refractivity (Wildman–Crippen MR) is 132 cm³/mol. The van der Waals surface area contributed by atoms with Crippen LogP contribution in [0.3, 0.4) is 0 Å². The van der Waals surface area contributed by atoms with E-state index in [1.165, 1.54) is 17.4 Å². The molecule has 2 heterocycles. The molecule has 0 radical (unpaired) electrons. The van der Waals surface area contributed by atoms with Crippen molar-refractivity contribution in [2.24, 2.45) is 0 Å². The van der Waals surface area contributed by atoms with E-state index in [4.69, 9.17) is 27.6 Å². The highest BCUT2D eigenvalue weighted by molar-refractivity contribution is 7.15. The maximum atomic E-state index is 12.6. The molecule has 4 rings (SSSR count). The van der Waals surface area contributed by atoms with E-state index in [9.17, 15) is 10.1 Å². The number of carbonyl (C=O) groups is 1. The Morgan fingerprint density at radius 1 is 1.21 bits per heavy atom. The van der Waals surface area contributed by atoms with Gasteiger partial charge in [-0.1, -0.05) is 47.5 Å². The third-order valence-corrected chi connectivity index (χ3v) is 6.33. The van der Waals surface area contributed by atoms with E-state index in [0.29, 0.717) is 33.1 Å². The average Bonchev–Trinajstić information content (AvgIpc) is 3.44. The van der Waals surface area contributed by atoms with Gasteiger partial charge in [0.05, 0.1) is 0 Å². The molecule has 0 unspecified atom stereocenters. The van der Waals surface area contributed by atoms with Gasteiger partial charge in [0.15, 0.2) is 5.13 Å². The molecule has 0 aliphatic rings. The van der Waals surface area contributed by atoms with Crippen molar-refractivity contribution in [3.63, 3.8) is 0 Å². The van der Waals surface area contributed by atoms with Gasteiger partial charge in [0.25, 0.3) is 5.91 Å². The number of benzene rings is 2. The summed E-state index contributed by atoms with van der Waals surface area (Å²) in [6.45, 7) is 1.95. The minimum absolute atomic E-state index is 0.0935. The number of anilines is 1. The second-order valence-electron chi connectivity index (χ2n) is 7.23. The van der Waals surface area contributed by atoms with E-state index in [0.717, 1.165) is 21.6 Å². The van der Waals surface area contributed by atoms with Crippen LogP contribution < -0.4 is 5.32 Å². The number of furan rings is 1. The van der Waals surface area contributed by atoms with Gasteiger partial charge in [-0.15, -0.1) is 11.3 Å². The fourth-order valence-electron chi connectivity index (χ4n) is 3.08.